The van der Waals surface area contributed by atoms with Crippen LogP contribution in [0.4, 0.5) is 14.9 Å². The number of hydrogen-bond donors (Lipinski definition) is 2. The summed E-state index contributed by atoms with van der Waals surface area (Å²) < 4.78 is 13.0. The molecule has 1 aromatic rings. The molecule has 25 heavy (non-hydrogen) atoms. The molecule has 0 aromatic heterocycles. The van der Waals surface area contributed by atoms with Crippen LogP contribution in [0.25, 0.3) is 0 Å². The van der Waals surface area contributed by atoms with Crippen molar-refractivity contribution in [2.45, 2.75) is 44.2 Å². The number of rotatable bonds is 4. The average Bonchev–Trinajstić information content (AvgIpc) is 2.96. The van der Waals surface area contributed by atoms with Crippen molar-refractivity contribution in [1.82, 2.24) is 10.2 Å². The zero-order chi connectivity index (χ0) is 17.8. The summed E-state index contributed by atoms with van der Waals surface area (Å²) in [6.45, 7) is 1.13. The van der Waals surface area contributed by atoms with Crippen LogP contribution < -0.4 is 10.2 Å². The van der Waals surface area contributed by atoms with E-state index in [-0.39, 0.29) is 42.9 Å². The molecule has 2 saturated heterocycles. The maximum atomic E-state index is 13.0. The van der Waals surface area contributed by atoms with Gasteiger partial charge in [-0.05, 0) is 49.9 Å². The van der Waals surface area contributed by atoms with Crippen LogP contribution >= 0.6 is 0 Å². The minimum atomic E-state index is -0.347. The van der Waals surface area contributed by atoms with E-state index in [0.717, 1.165) is 19.3 Å². The normalized spacial score (nSPS) is 23.8. The number of aliphatic hydroxyl groups is 1. The van der Waals surface area contributed by atoms with E-state index >= 15 is 0 Å². The van der Waals surface area contributed by atoms with Gasteiger partial charge in [0.15, 0.2) is 0 Å². The number of amides is 3. The molecule has 7 heteroatoms. The largest absolute Gasteiger partial charge is 0.396 e. The molecule has 0 saturated carbocycles. The fourth-order valence-corrected chi connectivity index (χ4v) is 3.65. The highest BCUT2D eigenvalue weighted by molar-refractivity contribution is 5.96. The Morgan fingerprint density at radius 1 is 1.28 bits per heavy atom. The number of carbonyl (C=O) groups excluding carboxylic acids is 2. The first kappa shape index (κ1) is 17.7. The van der Waals surface area contributed by atoms with Gasteiger partial charge in [0.25, 0.3) is 0 Å². The van der Waals surface area contributed by atoms with Gasteiger partial charge in [0.2, 0.25) is 5.91 Å². The molecule has 2 aliphatic rings. The summed E-state index contributed by atoms with van der Waals surface area (Å²) in [5.74, 6) is -0.428. The second-order valence-electron chi connectivity index (χ2n) is 6.69. The number of nitrogens with zero attached hydrogens (tertiary/aromatic N) is 2. The highest BCUT2D eigenvalue weighted by atomic mass is 19.1. The summed E-state index contributed by atoms with van der Waals surface area (Å²) in [5.41, 5.74) is 0.638. The second-order valence-corrected chi connectivity index (χ2v) is 6.69. The van der Waals surface area contributed by atoms with Crippen molar-refractivity contribution < 1.29 is 19.1 Å². The Kier molecular flexibility index (Phi) is 5.53. The van der Waals surface area contributed by atoms with Gasteiger partial charge in [0.1, 0.15) is 5.82 Å². The summed E-state index contributed by atoms with van der Waals surface area (Å²) in [6, 6.07) is 5.41. The van der Waals surface area contributed by atoms with Crippen LogP contribution in [0.15, 0.2) is 24.3 Å². The molecule has 2 N–H and O–H groups in total. The van der Waals surface area contributed by atoms with Gasteiger partial charge < -0.3 is 20.2 Å². The van der Waals surface area contributed by atoms with E-state index in [1.807, 2.05) is 0 Å². The smallest absolute Gasteiger partial charge is 0.317 e. The van der Waals surface area contributed by atoms with Crippen molar-refractivity contribution in [1.29, 1.82) is 0 Å². The maximum absolute atomic E-state index is 13.0. The minimum absolute atomic E-state index is 0.0593. The molecule has 2 heterocycles. The molecule has 3 rings (SSSR count). The van der Waals surface area contributed by atoms with Crippen LogP contribution in [-0.2, 0) is 4.79 Å². The number of carbonyl (C=O) groups is 2. The summed E-state index contributed by atoms with van der Waals surface area (Å²) in [7, 11) is 0. The van der Waals surface area contributed by atoms with Crippen LogP contribution in [0.3, 0.4) is 0 Å². The molecule has 0 unspecified atom stereocenters. The number of likely N-dealkylation sites (tertiary alicyclic amines) is 1. The van der Waals surface area contributed by atoms with Gasteiger partial charge in [0, 0.05) is 37.8 Å². The Hall–Kier alpha value is -2.15. The van der Waals surface area contributed by atoms with Gasteiger partial charge in [-0.25, -0.2) is 9.18 Å². The number of hydrogen-bond acceptors (Lipinski definition) is 3. The van der Waals surface area contributed by atoms with E-state index in [1.54, 1.807) is 21.9 Å². The van der Waals surface area contributed by atoms with Crippen molar-refractivity contribution in [3.8, 4) is 0 Å². The van der Waals surface area contributed by atoms with Crippen molar-refractivity contribution in [2.75, 3.05) is 24.6 Å². The summed E-state index contributed by atoms with van der Waals surface area (Å²) >= 11 is 0. The average molecular weight is 349 g/mol. The molecule has 6 nitrogen and oxygen atoms in total. The number of aliphatic hydroxyl groups excluding tert-OH is 1. The standard InChI is InChI=1S/C18H24FN3O3/c19-13-4-6-16(7-5-13)22-12-14(11-17(22)24)20-18(25)21-9-2-1-3-15(21)8-10-23/h4-7,14-15,23H,1-3,8-12H2,(H,20,25)/t14-,15-/m0/s1. The Balaban J connectivity index is 1.60. The van der Waals surface area contributed by atoms with Crippen LogP contribution in [-0.4, -0.2) is 53.7 Å². The molecule has 2 aliphatic heterocycles. The topological polar surface area (TPSA) is 72.9 Å². The van der Waals surface area contributed by atoms with Gasteiger partial charge >= 0.3 is 6.03 Å². The van der Waals surface area contributed by atoms with Crippen molar-refractivity contribution in [3.63, 3.8) is 0 Å². The van der Waals surface area contributed by atoms with Gasteiger partial charge in [-0.3, -0.25) is 4.79 Å². The predicted octanol–water partition coefficient (Wildman–Crippen LogP) is 1.88. The molecule has 2 fully saturated rings. The molecule has 3 amide bonds. The van der Waals surface area contributed by atoms with E-state index in [2.05, 4.69) is 5.32 Å². The third kappa shape index (κ3) is 4.10. The molecule has 2 atom stereocenters. The third-order valence-electron chi connectivity index (χ3n) is 4.94. The Labute approximate surface area is 146 Å². The Morgan fingerprint density at radius 3 is 2.76 bits per heavy atom. The molecule has 136 valence electrons. The number of benzene rings is 1. The lowest BCUT2D eigenvalue weighted by atomic mass is 10.00. The van der Waals surface area contributed by atoms with Gasteiger partial charge in [-0.2, -0.15) is 0 Å². The monoisotopic (exact) mass is 349 g/mol. The summed E-state index contributed by atoms with van der Waals surface area (Å²) in [6.07, 6.45) is 3.75. The lowest BCUT2D eigenvalue weighted by Crippen LogP contribution is -2.52. The fraction of sp³-hybridized carbons (Fsp3) is 0.556. The molecule has 1 aromatic carbocycles. The van der Waals surface area contributed by atoms with Gasteiger partial charge in [-0.1, -0.05) is 0 Å². The van der Waals surface area contributed by atoms with E-state index in [4.69, 9.17) is 0 Å². The van der Waals surface area contributed by atoms with Crippen LogP contribution in [0.5, 0.6) is 0 Å². The summed E-state index contributed by atoms with van der Waals surface area (Å²) in [4.78, 5) is 28.2. The molecule has 0 radical (unpaired) electrons. The van der Waals surface area contributed by atoms with E-state index < -0.39 is 0 Å². The molecule has 0 spiro atoms. The van der Waals surface area contributed by atoms with E-state index in [0.29, 0.717) is 25.2 Å². The number of piperidine rings is 1. The third-order valence-corrected chi connectivity index (χ3v) is 4.94. The molecule has 0 bridgehead atoms. The predicted molar refractivity (Wildman–Crippen MR) is 91.7 cm³/mol. The lowest BCUT2D eigenvalue weighted by Gasteiger charge is -2.36. The van der Waals surface area contributed by atoms with Crippen LogP contribution in [0.2, 0.25) is 0 Å². The zero-order valence-electron chi connectivity index (χ0n) is 14.2. The maximum Gasteiger partial charge on any atom is 0.317 e. The number of nitrogens with one attached hydrogen (secondary N) is 1. The van der Waals surface area contributed by atoms with Crippen LogP contribution in [0, 0.1) is 5.82 Å². The van der Waals surface area contributed by atoms with Crippen molar-refractivity contribution in [2.24, 2.45) is 0 Å². The highest BCUT2D eigenvalue weighted by Gasteiger charge is 2.34. The van der Waals surface area contributed by atoms with Gasteiger partial charge in [-0.15, -0.1) is 0 Å². The first-order chi connectivity index (χ1) is 12.1. The number of halogens is 1. The summed E-state index contributed by atoms with van der Waals surface area (Å²) in [5, 5.41) is 12.1. The Bertz CT molecular complexity index is 620. The molecular formula is C18H24FN3O3. The first-order valence-electron chi connectivity index (χ1n) is 8.82. The minimum Gasteiger partial charge on any atom is -0.396 e. The second kappa shape index (κ2) is 7.82. The van der Waals surface area contributed by atoms with Crippen molar-refractivity contribution >= 4 is 17.6 Å². The zero-order valence-corrected chi connectivity index (χ0v) is 14.2. The van der Waals surface area contributed by atoms with Crippen LogP contribution in [0.1, 0.15) is 32.1 Å². The van der Waals surface area contributed by atoms with Crippen molar-refractivity contribution in [3.05, 3.63) is 30.1 Å². The molecular weight excluding hydrogens is 325 g/mol. The first-order valence-corrected chi connectivity index (χ1v) is 8.82. The lowest BCUT2D eigenvalue weighted by molar-refractivity contribution is -0.117. The number of anilines is 1. The van der Waals surface area contributed by atoms with E-state index in [9.17, 15) is 19.1 Å². The SMILES string of the molecule is O=C1C[C@H](NC(=O)N2CCCC[C@H]2CCO)CN1c1ccc(F)cc1. The molecule has 0 aliphatic carbocycles. The number of urea groups is 1. The Morgan fingerprint density at radius 2 is 2.04 bits per heavy atom. The quantitative estimate of drug-likeness (QED) is 0.872. The fourth-order valence-electron chi connectivity index (χ4n) is 3.65. The van der Waals surface area contributed by atoms with E-state index in [1.165, 1.54) is 12.1 Å². The van der Waals surface area contributed by atoms with Gasteiger partial charge in [0.05, 0.1) is 6.04 Å². The highest BCUT2D eigenvalue weighted by Crippen LogP contribution is 2.23.